The van der Waals surface area contributed by atoms with E-state index in [1.807, 2.05) is 18.2 Å². The molecule has 3 nitrogen and oxygen atoms in total. The van der Waals surface area contributed by atoms with Crippen LogP contribution in [0.15, 0.2) is 59.5 Å². The van der Waals surface area contributed by atoms with Crippen LogP contribution in [0.5, 0.6) is 5.75 Å². The third-order valence-corrected chi connectivity index (χ3v) is 4.76. The summed E-state index contributed by atoms with van der Waals surface area (Å²) in [5.41, 5.74) is 1.33. The van der Waals surface area contributed by atoms with Crippen LogP contribution in [0.1, 0.15) is 12.5 Å². The molecule has 1 atom stereocenters. The monoisotopic (exact) mass is 448 g/mol. The van der Waals surface area contributed by atoms with Crippen molar-refractivity contribution in [1.82, 2.24) is 0 Å². The van der Waals surface area contributed by atoms with E-state index in [0.29, 0.717) is 12.4 Å². The Morgan fingerprint density at radius 1 is 0.929 bits per heavy atom. The van der Waals surface area contributed by atoms with Crippen LogP contribution in [-0.4, -0.2) is 19.0 Å². The number of carbonyl (C=O) groups excluding carboxylic acids is 1. The molecule has 0 bridgehead atoms. The van der Waals surface area contributed by atoms with Gasteiger partial charge < -0.3 is 9.47 Å². The standard InChI is InChI=1S/C17H19O3S.F6P/c1-3-19-17(18)20-15-9-11-16(12-10-15)21(2)13-14-7-5-4-6-8-14;1-7(2,3,4,5)6/h4-12H,3,13H2,1-2H3;/q+1;-1. The van der Waals surface area contributed by atoms with Gasteiger partial charge in [0.25, 0.3) is 0 Å². The zero-order valence-corrected chi connectivity index (χ0v) is 16.7. The Hall–Kier alpha value is -1.93. The molecule has 158 valence electrons. The van der Waals surface area contributed by atoms with Crippen molar-refractivity contribution in [3.05, 3.63) is 60.2 Å². The van der Waals surface area contributed by atoms with E-state index >= 15 is 0 Å². The van der Waals surface area contributed by atoms with Crippen LogP contribution in [0.4, 0.5) is 30.0 Å². The number of benzene rings is 2. The topological polar surface area (TPSA) is 35.5 Å². The summed E-state index contributed by atoms with van der Waals surface area (Å²) in [7, 11) is -10.5. The second kappa shape index (κ2) is 8.61. The van der Waals surface area contributed by atoms with Gasteiger partial charge in [0.15, 0.2) is 4.90 Å². The van der Waals surface area contributed by atoms with Crippen molar-refractivity contribution in [2.24, 2.45) is 0 Å². The van der Waals surface area contributed by atoms with E-state index in [4.69, 9.17) is 9.47 Å². The molecular formula is C17H19F6O3PS. The van der Waals surface area contributed by atoms with Crippen LogP contribution < -0.4 is 4.74 Å². The number of carbonyl (C=O) groups is 1. The van der Waals surface area contributed by atoms with Gasteiger partial charge in [-0.15, -0.1) is 0 Å². The second-order valence-corrected chi connectivity index (χ2v) is 9.43. The summed E-state index contributed by atoms with van der Waals surface area (Å²) in [6, 6.07) is 18.0. The van der Waals surface area contributed by atoms with E-state index < -0.39 is 14.0 Å². The average Bonchev–Trinajstić information content (AvgIpc) is 2.53. The van der Waals surface area contributed by atoms with Crippen molar-refractivity contribution in [3.63, 3.8) is 0 Å². The van der Waals surface area contributed by atoms with Gasteiger partial charge in [0.05, 0.1) is 6.61 Å². The first-order chi connectivity index (χ1) is 12.6. The SMILES string of the molecule is CCOC(=O)Oc1ccc([S+](C)Cc2ccccc2)cc1.F[P-](F)(F)(F)(F)F. The van der Waals surface area contributed by atoms with Crippen LogP contribution in [-0.2, 0) is 21.4 Å². The van der Waals surface area contributed by atoms with E-state index in [0.717, 1.165) is 5.75 Å². The Bertz CT molecular complexity index is 756. The van der Waals surface area contributed by atoms with E-state index in [2.05, 4.69) is 30.5 Å². The minimum absolute atomic E-state index is 0.120. The number of ether oxygens (including phenoxy) is 2. The molecule has 0 spiro atoms. The molecule has 0 saturated carbocycles. The Morgan fingerprint density at radius 2 is 1.43 bits per heavy atom. The van der Waals surface area contributed by atoms with Crippen LogP contribution in [0.3, 0.4) is 0 Å². The Labute approximate surface area is 161 Å². The predicted octanol–water partition coefficient (Wildman–Crippen LogP) is 7.41. The molecule has 0 aliphatic carbocycles. The van der Waals surface area contributed by atoms with Gasteiger partial charge in [-0.05, 0) is 31.2 Å². The van der Waals surface area contributed by atoms with E-state index in [1.54, 1.807) is 19.1 Å². The molecule has 2 rings (SSSR count). The van der Waals surface area contributed by atoms with E-state index in [9.17, 15) is 30.0 Å². The molecule has 1 unspecified atom stereocenters. The molecule has 0 aliphatic heterocycles. The molecule has 0 N–H and O–H groups in total. The normalized spacial score (nSPS) is 14.6. The Morgan fingerprint density at radius 3 is 1.89 bits per heavy atom. The summed E-state index contributed by atoms with van der Waals surface area (Å²) in [5, 5.41) is 0. The summed E-state index contributed by atoms with van der Waals surface area (Å²) in [4.78, 5) is 12.5. The molecule has 0 amide bonds. The van der Waals surface area contributed by atoms with Gasteiger partial charge in [0.1, 0.15) is 17.8 Å². The van der Waals surface area contributed by atoms with Crippen molar-refractivity contribution in [2.75, 3.05) is 12.9 Å². The summed E-state index contributed by atoms with van der Waals surface area (Å²) < 4.78 is 69.0. The maximum atomic E-state index is 11.2. The second-order valence-electron chi connectivity index (χ2n) is 5.48. The zero-order valence-electron chi connectivity index (χ0n) is 15.0. The third-order valence-electron chi connectivity index (χ3n) is 2.92. The van der Waals surface area contributed by atoms with Crippen molar-refractivity contribution >= 4 is 24.9 Å². The average molecular weight is 448 g/mol. The van der Waals surface area contributed by atoms with Gasteiger partial charge in [0, 0.05) is 16.5 Å². The Kier molecular flexibility index (Phi) is 7.41. The maximum absolute atomic E-state index is 11.2. The molecule has 2 aromatic rings. The summed E-state index contributed by atoms with van der Waals surface area (Å²) in [6.07, 6.45) is 1.55. The molecule has 0 saturated heterocycles. The van der Waals surface area contributed by atoms with Crippen molar-refractivity contribution < 1.29 is 39.4 Å². The van der Waals surface area contributed by atoms with Gasteiger partial charge in [-0.3, -0.25) is 0 Å². The molecule has 0 fully saturated rings. The van der Waals surface area contributed by atoms with Gasteiger partial charge >= 0.3 is 39.1 Å². The quantitative estimate of drug-likeness (QED) is 0.157. The molecule has 28 heavy (non-hydrogen) atoms. The number of halogens is 6. The van der Waals surface area contributed by atoms with Crippen molar-refractivity contribution in [3.8, 4) is 5.75 Å². The minimum atomic E-state index is -10.7. The number of hydrogen-bond acceptors (Lipinski definition) is 3. The number of hydrogen-bond donors (Lipinski definition) is 0. The van der Waals surface area contributed by atoms with Gasteiger partial charge in [-0.2, -0.15) is 0 Å². The van der Waals surface area contributed by atoms with Crippen molar-refractivity contribution in [1.29, 1.82) is 0 Å². The first-order valence-electron chi connectivity index (χ1n) is 7.81. The fourth-order valence-corrected chi connectivity index (χ4v) is 3.35. The van der Waals surface area contributed by atoms with Crippen molar-refractivity contribution in [2.45, 2.75) is 17.6 Å². The first-order valence-corrected chi connectivity index (χ1v) is 11.6. The fraction of sp³-hybridized carbons (Fsp3) is 0.235. The van der Waals surface area contributed by atoms with Crippen LogP contribution >= 0.6 is 7.81 Å². The number of rotatable bonds is 5. The molecule has 0 heterocycles. The molecular weight excluding hydrogens is 429 g/mol. The van der Waals surface area contributed by atoms with Crippen LogP contribution in [0.2, 0.25) is 0 Å². The molecule has 2 aromatic carbocycles. The molecule has 0 aliphatic rings. The molecule has 0 aromatic heterocycles. The summed E-state index contributed by atoms with van der Waals surface area (Å²) >= 11 is 0. The van der Waals surface area contributed by atoms with Gasteiger partial charge in [-0.1, -0.05) is 30.3 Å². The van der Waals surface area contributed by atoms with E-state index in [-0.39, 0.29) is 10.9 Å². The molecule has 0 radical (unpaired) electrons. The first kappa shape index (κ1) is 24.1. The van der Waals surface area contributed by atoms with E-state index in [1.165, 1.54) is 10.5 Å². The van der Waals surface area contributed by atoms with Crippen LogP contribution in [0.25, 0.3) is 0 Å². The predicted molar refractivity (Wildman–Crippen MR) is 99.4 cm³/mol. The third kappa shape index (κ3) is 13.3. The fourth-order valence-electron chi connectivity index (χ4n) is 1.89. The Balaban J connectivity index is 0.000000480. The molecule has 11 heteroatoms. The zero-order chi connectivity index (χ0) is 21.5. The summed E-state index contributed by atoms with van der Waals surface area (Å²) in [6.45, 7) is 2.06. The summed E-state index contributed by atoms with van der Waals surface area (Å²) in [5.74, 6) is 1.52. The van der Waals surface area contributed by atoms with Gasteiger partial charge in [-0.25, -0.2) is 4.79 Å². The van der Waals surface area contributed by atoms with Gasteiger partial charge in [0.2, 0.25) is 0 Å². The van der Waals surface area contributed by atoms with Crippen LogP contribution in [0, 0.1) is 0 Å².